The van der Waals surface area contributed by atoms with Gasteiger partial charge in [-0.3, -0.25) is 14.5 Å². The van der Waals surface area contributed by atoms with Gasteiger partial charge in [-0.2, -0.15) is 0 Å². The first-order valence-electron chi connectivity index (χ1n) is 11.6. The van der Waals surface area contributed by atoms with Gasteiger partial charge in [-0.25, -0.2) is 4.39 Å². The molecule has 0 aromatic heterocycles. The number of benzene rings is 2. The van der Waals surface area contributed by atoms with Crippen LogP contribution in [0, 0.1) is 18.7 Å². The number of hydrogen-bond acceptors (Lipinski definition) is 3. The standard InChI is InChI=1S/C26H32FN3O2/c1-18-16-29(12-13-30(18)26(32)21-10-6-7-11-21)17-22-14-23(27)15-24(19(22)2)28-25(31)20-8-4-3-5-9-20/h3-5,8-9,14-15,18,21H,6-7,10-13,16-17H2,1-2H3,(H,28,31)/t18-/m0/s1. The van der Waals surface area contributed by atoms with Crippen LogP contribution in [0.15, 0.2) is 42.5 Å². The highest BCUT2D eigenvalue weighted by Gasteiger charge is 2.33. The van der Waals surface area contributed by atoms with Gasteiger partial charge in [0.05, 0.1) is 0 Å². The molecule has 0 radical (unpaired) electrons. The fraction of sp³-hybridized carbons (Fsp3) is 0.462. The number of carbonyl (C=O) groups is 2. The van der Waals surface area contributed by atoms with E-state index < -0.39 is 0 Å². The second-order valence-electron chi connectivity index (χ2n) is 9.15. The Morgan fingerprint density at radius 2 is 1.81 bits per heavy atom. The smallest absolute Gasteiger partial charge is 0.255 e. The van der Waals surface area contributed by atoms with Crippen LogP contribution in [0.25, 0.3) is 0 Å². The molecule has 0 bridgehead atoms. The van der Waals surface area contributed by atoms with Crippen molar-refractivity contribution in [3.8, 4) is 0 Å². The van der Waals surface area contributed by atoms with Gasteiger partial charge in [0.2, 0.25) is 5.91 Å². The Bertz CT molecular complexity index is 973. The number of amides is 2. The predicted molar refractivity (Wildman–Crippen MR) is 124 cm³/mol. The number of piperazine rings is 1. The van der Waals surface area contributed by atoms with Gasteiger partial charge >= 0.3 is 0 Å². The van der Waals surface area contributed by atoms with Gasteiger partial charge < -0.3 is 10.2 Å². The second kappa shape index (κ2) is 9.82. The van der Waals surface area contributed by atoms with Crippen molar-refractivity contribution in [2.75, 3.05) is 25.0 Å². The second-order valence-corrected chi connectivity index (χ2v) is 9.15. The number of nitrogens with one attached hydrogen (secondary N) is 1. The van der Waals surface area contributed by atoms with Gasteiger partial charge in [-0.1, -0.05) is 31.0 Å². The van der Waals surface area contributed by atoms with Gasteiger partial charge in [0.25, 0.3) is 5.91 Å². The van der Waals surface area contributed by atoms with Crippen LogP contribution < -0.4 is 5.32 Å². The minimum absolute atomic E-state index is 0.142. The minimum atomic E-state index is -0.364. The average molecular weight is 438 g/mol. The van der Waals surface area contributed by atoms with Gasteiger partial charge in [0.15, 0.2) is 0 Å². The van der Waals surface area contributed by atoms with E-state index in [1.165, 1.54) is 6.07 Å². The molecule has 0 unspecified atom stereocenters. The third-order valence-electron chi connectivity index (χ3n) is 6.86. The Morgan fingerprint density at radius 1 is 1.09 bits per heavy atom. The summed E-state index contributed by atoms with van der Waals surface area (Å²) in [4.78, 5) is 29.7. The van der Waals surface area contributed by atoms with E-state index in [9.17, 15) is 14.0 Å². The molecule has 2 fully saturated rings. The molecule has 1 saturated heterocycles. The molecule has 2 aromatic rings. The number of rotatable bonds is 5. The fourth-order valence-electron chi connectivity index (χ4n) is 4.97. The molecule has 1 heterocycles. The van der Waals surface area contributed by atoms with Crippen LogP contribution in [0.3, 0.4) is 0 Å². The number of nitrogens with zero attached hydrogens (tertiary/aromatic N) is 2. The molecule has 1 saturated carbocycles. The van der Waals surface area contributed by atoms with Crippen LogP contribution in [0.2, 0.25) is 0 Å². The molecule has 32 heavy (non-hydrogen) atoms. The molecule has 2 aromatic carbocycles. The first-order valence-corrected chi connectivity index (χ1v) is 11.6. The van der Waals surface area contributed by atoms with E-state index >= 15 is 0 Å². The summed E-state index contributed by atoms with van der Waals surface area (Å²) in [6.07, 6.45) is 4.36. The number of carbonyl (C=O) groups excluding carboxylic acids is 2. The molecule has 0 spiro atoms. The summed E-state index contributed by atoms with van der Waals surface area (Å²) in [5.41, 5.74) is 2.76. The van der Waals surface area contributed by atoms with E-state index in [-0.39, 0.29) is 23.7 Å². The predicted octanol–water partition coefficient (Wildman–Crippen LogP) is 4.61. The van der Waals surface area contributed by atoms with Crippen molar-refractivity contribution in [1.82, 2.24) is 9.80 Å². The molecule has 2 amide bonds. The zero-order chi connectivity index (χ0) is 22.7. The summed E-state index contributed by atoms with van der Waals surface area (Å²) < 4.78 is 14.4. The van der Waals surface area contributed by atoms with E-state index in [1.54, 1.807) is 30.3 Å². The van der Waals surface area contributed by atoms with Crippen molar-refractivity contribution in [1.29, 1.82) is 0 Å². The zero-order valence-corrected chi connectivity index (χ0v) is 18.9. The Hall–Kier alpha value is -2.73. The van der Waals surface area contributed by atoms with Gasteiger partial charge in [-0.05, 0) is 62.1 Å². The fourth-order valence-corrected chi connectivity index (χ4v) is 4.97. The Labute approximate surface area is 189 Å². The van der Waals surface area contributed by atoms with Crippen molar-refractivity contribution in [2.45, 2.75) is 52.1 Å². The van der Waals surface area contributed by atoms with Crippen LogP contribution in [-0.2, 0) is 11.3 Å². The maximum Gasteiger partial charge on any atom is 0.255 e. The third-order valence-corrected chi connectivity index (χ3v) is 6.86. The van der Waals surface area contributed by atoms with Gasteiger partial charge in [-0.15, -0.1) is 0 Å². The number of hydrogen-bond donors (Lipinski definition) is 1. The highest BCUT2D eigenvalue weighted by Crippen LogP contribution is 2.29. The number of anilines is 1. The van der Waals surface area contributed by atoms with E-state index in [1.807, 2.05) is 17.9 Å². The van der Waals surface area contributed by atoms with Crippen LogP contribution >= 0.6 is 0 Å². The summed E-state index contributed by atoms with van der Waals surface area (Å²) >= 11 is 0. The van der Waals surface area contributed by atoms with Crippen molar-refractivity contribution in [3.05, 3.63) is 65.0 Å². The molecule has 1 aliphatic carbocycles. The van der Waals surface area contributed by atoms with E-state index in [0.29, 0.717) is 30.2 Å². The molecular weight excluding hydrogens is 405 g/mol. The first-order chi connectivity index (χ1) is 15.4. The monoisotopic (exact) mass is 437 g/mol. The van der Waals surface area contributed by atoms with Crippen molar-refractivity contribution >= 4 is 17.5 Å². The third kappa shape index (κ3) is 5.01. The Kier molecular flexibility index (Phi) is 6.89. The largest absolute Gasteiger partial charge is 0.337 e. The lowest BCUT2D eigenvalue weighted by atomic mass is 10.0. The van der Waals surface area contributed by atoms with Crippen LogP contribution in [0.4, 0.5) is 10.1 Å². The van der Waals surface area contributed by atoms with E-state index in [2.05, 4.69) is 17.1 Å². The maximum absolute atomic E-state index is 14.4. The van der Waals surface area contributed by atoms with E-state index in [4.69, 9.17) is 0 Å². The molecule has 4 rings (SSSR count). The van der Waals surface area contributed by atoms with Crippen molar-refractivity contribution in [3.63, 3.8) is 0 Å². The van der Waals surface area contributed by atoms with Crippen molar-refractivity contribution in [2.24, 2.45) is 5.92 Å². The quantitative estimate of drug-likeness (QED) is 0.743. The molecule has 2 aliphatic rings. The van der Waals surface area contributed by atoms with Crippen molar-refractivity contribution < 1.29 is 14.0 Å². The van der Waals surface area contributed by atoms with Gasteiger partial charge in [0.1, 0.15) is 5.82 Å². The summed E-state index contributed by atoms with van der Waals surface area (Å²) in [7, 11) is 0. The first kappa shape index (κ1) is 22.5. The summed E-state index contributed by atoms with van der Waals surface area (Å²) in [6.45, 7) is 6.85. The van der Waals surface area contributed by atoms with Crippen LogP contribution in [0.5, 0.6) is 0 Å². The summed E-state index contributed by atoms with van der Waals surface area (Å²) in [5.74, 6) is -0.109. The highest BCUT2D eigenvalue weighted by atomic mass is 19.1. The lowest BCUT2D eigenvalue weighted by Gasteiger charge is -2.41. The molecule has 1 atom stereocenters. The molecule has 1 aliphatic heterocycles. The zero-order valence-electron chi connectivity index (χ0n) is 18.9. The van der Waals surface area contributed by atoms with E-state index in [0.717, 1.165) is 49.9 Å². The molecular formula is C26H32FN3O2. The lowest BCUT2D eigenvalue weighted by molar-refractivity contribution is -0.140. The number of halogens is 1. The summed E-state index contributed by atoms with van der Waals surface area (Å²) in [6, 6.07) is 12.0. The summed E-state index contributed by atoms with van der Waals surface area (Å²) in [5, 5.41) is 2.86. The minimum Gasteiger partial charge on any atom is -0.337 e. The maximum atomic E-state index is 14.4. The highest BCUT2D eigenvalue weighted by molar-refractivity contribution is 6.04. The normalized spacial score (nSPS) is 19.8. The SMILES string of the molecule is Cc1c(CN2CCN(C(=O)C3CCCC3)[C@@H](C)C2)cc(F)cc1NC(=O)c1ccccc1. The van der Waals surface area contributed by atoms with Crippen LogP contribution in [-0.4, -0.2) is 47.3 Å². The molecule has 5 nitrogen and oxygen atoms in total. The Morgan fingerprint density at radius 3 is 2.50 bits per heavy atom. The molecule has 1 N–H and O–H groups in total. The molecule has 170 valence electrons. The van der Waals surface area contributed by atoms with Crippen LogP contribution in [0.1, 0.15) is 54.1 Å². The molecule has 6 heteroatoms. The average Bonchev–Trinajstić information content (AvgIpc) is 3.32. The Balaban J connectivity index is 1.42. The lowest BCUT2D eigenvalue weighted by Crippen LogP contribution is -2.54. The topological polar surface area (TPSA) is 52.6 Å². The van der Waals surface area contributed by atoms with Gasteiger partial charge in [0, 0.05) is 49.4 Å².